The Bertz CT molecular complexity index is 1470. The Morgan fingerprint density at radius 2 is 1.79 bits per heavy atom. The number of aromatic nitrogens is 1. The van der Waals surface area contributed by atoms with Crippen molar-refractivity contribution in [1.82, 2.24) is 10.3 Å². The summed E-state index contributed by atoms with van der Waals surface area (Å²) in [4.78, 5) is 25.7. The van der Waals surface area contributed by atoms with Gasteiger partial charge in [0.25, 0.3) is 5.91 Å². The van der Waals surface area contributed by atoms with Crippen LogP contribution in [0.1, 0.15) is 21.5 Å². The number of carbonyl (C=O) groups excluding carboxylic acids is 1. The molecule has 2 aromatic carbocycles. The van der Waals surface area contributed by atoms with Crippen LogP contribution in [0.15, 0.2) is 88.7 Å². The average Bonchev–Trinajstić information content (AvgIpc) is 2.86. The molecule has 3 aromatic rings. The van der Waals surface area contributed by atoms with E-state index < -0.39 is 18.0 Å². The number of amides is 1. The van der Waals surface area contributed by atoms with Crippen LogP contribution in [0.4, 0.5) is 18.9 Å². The minimum atomic E-state index is -4.86. The van der Waals surface area contributed by atoms with E-state index in [1.54, 1.807) is 50.6 Å². The van der Waals surface area contributed by atoms with Crippen LogP contribution in [0, 0.1) is 12.3 Å². The molecular weight excluding hydrogens is 501 g/mol. The van der Waals surface area contributed by atoms with E-state index in [1.807, 2.05) is 0 Å². The van der Waals surface area contributed by atoms with Crippen LogP contribution in [0.3, 0.4) is 0 Å². The smallest absolute Gasteiger partial charge is 0.438 e. The summed E-state index contributed by atoms with van der Waals surface area (Å²) in [5, 5.41) is 13.8. The van der Waals surface area contributed by atoms with Gasteiger partial charge in [-0.15, -0.1) is 13.2 Å². The molecular formula is C26H21F3N6O3. The standard InChI is InChI=1S/C26H21F3N6O3/c1-15-6-7-18(13-20(15)24(36)33-17-4-3-5-19(12-17)38-26(27,28)29)37-25-21(14-31-2)22(30)34-23(35-25)16-8-10-32-11-9-16/h3-14,30-31H,1-2H3,(H,33,36)/b21-14+,30-22?. The first kappa shape index (κ1) is 26.1. The highest BCUT2D eigenvalue weighted by Gasteiger charge is 2.31. The first-order valence-corrected chi connectivity index (χ1v) is 11.1. The lowest BCUT2D eigenvalue weighted by molar-refractivity contribution is -0.274. The van der Waals surface area contributed by atoms with Crippen LogP contribution in [0.2, 0.25) is 0 Å². The Morgan fingerprint density at radius 1 is 1.03 bits per heavy atom. The topological polar surface area (TPSA) is 121 Å². The van der Waals surface area contributed by atoms with Gasteiger partial charge in [-0.2, -0.15) is 4.99 Å². The van der Waals surface area contributed by atoms with Gasteiger partial charge < -0.3 is 20.1 Å². The number of nitrogens with zero attached hydrogens (tertiary/aromatic N) is 3. The zero-order chi connectivity index (χ0) is 27.3. The monoisotopic (exact) mass is 522 g/mol. The van der Waals surface area contributed by atoms with E-state index in [2.05, 4.69) is 30.3 Å². The Kier molecular flexibility index (Phi) is 7.51. The van der Waals surface area contributed by atoms with Gasteiger partial charge in [0.2, 0.25) is 5.90 Å². The van der Waals surface area contributed by atoms with Gasteiger partial charge in [0, 0.05) is 48.5 Å². The number of nitrogens with one attached hydrogen (secondary N) is 3. The summed E-state index contributed by atoms with van der Waals surface area (Å²) < 4.78 is 47.5. The molecule has 1 amide bonds. The highest BCUT2D eigenvalue weighted by molar-refractivity contribution is 6.30. The molecule has 0 fully saturated rings. The summed E-state index contributed by atoms with van der Waals surface area (Å²) in [6.45, 7) is 1.70. The molecule has 1 aliphatic rings. The fourth-order valence-corrected chi connectivity index (χ4v) is 3.42. The van der Waals surface area contributed by atoms with E-state index in [0.29, 0.717) is 16.7 Å². The number of rotatable bonds is 6. The maximum Gasteiger partial charge on any atom is 0.573 e. The van der Waals surface area contributed by atoms with E-state index >= 15 is 0 Å². The number of alkyl halides is 3. The molecule has 3 N–H and O–H groups in total. The molecule has 0 atom stereocenters. The van der Waals surface area contributed by atoms with Crippen molar-refractivity contribution >= 4 is 29.2 Å². The first-order chi connectivity index (χ1) is 18.1. The summed E-state index contributed by atoms with van der Waals surface area (Å²) >= 11 is 0. The van der Waals surface area contributed by atoms with Gasteiger partial charge in [-0.25, -0.2) is 4.99 Å². The molecule has 0 spiro atoms. The van der Waals surface area contributed by atoms with Crippen molar-refractivity contribution in [2.24, 2.45) is 9.98 Å². The number of hydrogen-bond acceptors (Lipinski definition) is 7. The summed E-state index contributed by atoms with van der Waals surface area (Å²) in [5.41, 5.74) is 1.86. The number of benzene rings is 2. The fourth-order valence-electron chi connectivity index (χ4n) is 3.42. The van der Waals surface area contributed by atoms with Gasteiger partial charge in [-0.3, -0.25) is 15.2 Å². The molecule has 1 aromatic heterocycles. The zero-order valence-corrected chi connectivity index (χ0v) is 20.1. The Labute approximate surface area is 215 Å². The van der Waals surface area contributed by atoms with Crippen LogP contribution in [-0.4, -0.2) is 41.9 Å². The normalized spacial score (nSPS) is 14.4. The molecule has 12 heteroatoms. The quantitative estimate of drug-likeness (QED) is 0.427. The molecule has 2 heterocycles. The number of hydrogen-bond donors (Lipinski definition) is 3. The van der Waals surface area contributed by atoms with Gasteiger partial charge in [-0.1, -0.05) is 12.1 Å². The van der Waals surface area contributed by atoms with Gasteiger partial charge in [-0.05, 0) is 48.9 Å². The van der Waals surface area contributed by atoms with E-state index in [0.717, 1.165) is 12.1 Å². The predicted molar refractivity (Wildman–Crippen MR) is 136 cm³/mol. The Morgan fingerprint density at radius 3 is 2.50 bits per heavy atom. The largest absolute Gasteiger partial charge is 0.573 e. The Hall–Kier alpha value is -5.00. The minimum absolute atomic E-state index is 0.0813. The van der Waals surface area contributed by atoms with Crippen LogP contribution < -0.4 is 20.1 Å². The SMILES string of the molecule is CN/C=C1\C(=N)N=C(c2ccncc2)N=C1Oc1ccc(C)c(C(=O)Nc2cccc(OC(F)(F)F)c2)c1. The van der Waals surface area contributed by atoms with Crippen molar-refractivity contribution in [3.8, 4) is 11.5 Å². The number of ether oxygens (including phenoxy) is 2. The number of amidine groups is 2. The molecule has 9 nitrogen and oxygen atoms in total. The number of halogens is 3. The predicted octanol–water partition coefficient (Wildman–Crippen LogP) is 4.86. The average molecular weight is 522 g/mol. The van der Waals surface area contributed by atoms with Crippen molar-refractivity contribution in [2.75, 3.05) is 12.4 Å². The number of anilines is 1. The summed E-state index contributed by atoms with van der Waals surface area (Å²) in [6.07, 6.45) is -0.185. The summed E-state index contributed by atoms with van der Waals surface area (Å²) in [5.74, 6) is -0.524. The molecule has 1 aliphatic heterocycles. The van der Waals surface area contributed by atoms with E-state index in [9.17, 15) is 18.0 Å². The number of aliphatic imine (C=N–C) groups is 2. The highest BCUT2D eigenvalue weighted by atomic mass is 19.4. The summed E-state index contributed by atoms with van der Waals surface area (Å²) in [6, 6.07) is 13.1. The number of carbonyl (C=O) groups is 1. The third-order valence-electron chi connectivity index (χ3n) is 5.13. The zero-order valence-electron chi connectivity index (χ0n) is 20.1. The maximum absolute atomic E-state index is 13.0. The van der Waals surface area contributed by atoms with Crippen LogP contribution in [0.25, 0.3) is 0 Å². The van der Waals surface area contributed by atoms with Crippen molar-refractivity contribution in [3.63, 3.8) is 0 Å². The molecule has 0 saturated carbocycles. The van der Waals surface area contributed by atoms with Crippen molar-refractivity contribution < 1.29 is 27.4 Å². The molecule has 0 unspecified atom stereocenters. The lowest BCUT2D eigenvalue weighted by Crippen LogP contribution is -2.26. The number of pyridine rings is 1. The van der Waals surface area contributed by atoms with Gasteiger partial charge in [0.15, 0.2) is 11.7 Å². The lowest BCUT2D eigenvalue weighted by Gasteiger charge is -2.17. The van der Waals surface area contributed by atoms with Crippen molar-refractivity contribution in [1.29, 1.82) is 5.41 Å². The van der Waals surface area contributed by atoms with Gasteiger partial charge in [0.05, 0.1) is 5.57 Å². The second-order valence-corrected chi connectivity index (χ2v) is 7.89. The third kappa shape index (κ3) is 6.40. The molecule has 0 bridgehead atoms. The van der Waals surface area contributed by atoms with Gasteiger partial charge in [0.1, 0.15) is 11.5 Å². The van der Waals surface area contributed by atoms with Crippen LogP contribution >= 0.6 is 0 Å². The van der Waals surface area contributed by atoms with E-state index in [4.69, 9.17) is 10.1 Å². The molecule has 4 rings (SSSR count). The number of aryl methyl sites for hydroxylation is 1. The van der Waals surface area contributed by atoms with Crippen LogP contribution in [-0.2, 0) is 0 Å². The molecule has 0 radical (unpaired) electrons. The lowest BCUT2D eigenvalue weighted by atomic mass is 10.1. The summed E-state index contributed by atoms with van der Waals surface area (Å²) in [7, 11) is 1.66. The van der Waals surface area contributed by atoms with E-state index in [1.165, 1.54) is 24.4 Å². The van der Waals surface area contributed by atoms with E-state index in [-0.39, 0.29) is 34.6 Å². The highest BCUT2D eigenvalue weighted by Crippen LogP contribution is 2.26. The maximum atomic E-state index is 13.0. The first-order valence-electron chi connectivity index (χ1n) is 11.1. The second kappa shape index (κ2) is 10.9. The van der Waals surface area contributed by atoms with Crippen LogP contribution in [0.5, 0.6) is 11.5 Å². The Balaban J connectivity index is 1.60. The van der Waals surface area contributed by atoms with Crippen molar-refractivity contribution in [3.05, 3.63) is 95.5 Å². The molecule has 194 valence electrons. The van der Waals surface area contributed by atoms with Gasteiger partial charge >= 0.3 is 6.36 Å². The third-order valence-corrected chi connectivity index (χ3v) is 5.13. The second-order valence-electron chi connectivity index (χ2n) is 7.89. The molecule has 38 heavy (non-hydrogen) atoms. The minimum Gasteiger partial charge on any atom is -0.438 e. The molecule has 0 aliphatic carbocycles. The molecule has 0 saturated heterocycles. The van der Waals surface area contributed by atoms with Crippen molar-refractivity contribution in [2.45, 2.75) is 13.3 Å². The fraction of sp³-hybridized carbons (Fsp3) is 0.115.